The molecule has 58 valence electrons. The number of nitrogens with one attached hydrogen (secondary N) is 1. The van der Waals surface area contributed by atoms with E-state index in [0.717, 1.165) is 11.4 Å². The molecule has 0 aromatic carbocycles. The summed E-state index contributed by atoms with van der Waals surface area (Å²) in [4.78, 5) is 23.8. The van der Waals surface area contributed by atoms with Crippen molar-refractivity contribution in [3.63, 3.8) is 0 Å². The highest BCUT2D eigenvalue weighted by Crippen LogP contribution is 2.13. The Labute approximate surface area is 64.4 Å². The molecule has 11 heavy (non-hydrogen) atoms. The van der Waals surface area contributed by atoms with Gasteiger partial charge in [-0.05, 0) is 13.8 Å². The number of hydrogen-bond donors (Lipinski definition) is 1. The molecule has 0 unspecified atom stereocenters. The van der Waals surface area contributed by atoms with E-state index in [0.29, 0.717) is 23.7 Å². The van der Waals surface area contributed by atoms with Gasteiger partial charge in [0.05, 0.1) is 0 Å². The van der Waals surface area contributed by atoms with Gasteiger partial charge in [-0.3, -0.25) is 9.59 Å². The van der Waals surface area contributed by atoms with Crippen LogP contribution in [0.25, 0.3) is 0 Å². The van der Waals surface area contributed by atoms with E-state index in [2.05, 4.69) is 4.98 Å². The predicted molar refractivity (Wildman–Crippen MR) is 41.0 cm³/mol. The second kappa shape index (κ2) is 2.70. The fourth-order valence-electron chi connectivity index (χ4n) is 1.12. The lowest BCUT2D eigenvalue weighted by atomic mass is 10.1. The van der Waals surface area contributed by atoms with Crippen LogP contribution < -0.4 is 0 Å². The Balaban J connectivity index is 3.39. The molecule has 0 saturated carbocycles. The minimum atomic E-state index is 0.470. The average Bonchev–Trinajstić information content (AvgIpc) is 2.24. The van der Waals surface area contributed by atoms with Gasteiger partial charge in [0, 0.05) is 22.5 Å². The third-order valence-corrected chi connectivity index (χ3v) is 1.71. The topological polar surface area (TPSA) is 49.9 Å². The highest BCUT2D eigenvalue weighted by molar-refractivity contribution is 5.92. The zero-order valence-electron chi connectivity index (χ0n) is 6.47. The highest BCUT2D eigenvalue weighted by Gasteiger charge is 2.09. The number of aromatic amines is 1. The Kier molecular flexibility index (Phi) is 1.89. The molecule has 0 aliphatic rings. The molecule has 0 aliphatic heterocycles. The zero-order valence-corrected chi connectivity index (χ0v) is 6.47. The number of aldehydes is 2. The van der Waals surface area contributed by atoms with Crippen LogP contribution in [0.15, 0.2) is 0 Å². The van der Waals surface area contributed by atoms with Gasteiger partial charge in [-0.25, -0.2) is 0 Å². The molecule has 0 amide bonds. The molecule has 0 saturated heterocycles. The van der Waals surface area contributed by atoms with Gasteiger partial charge in [0.15, 0.2) is 12.6 Å². The SMILES string of the molecule is Cc1[nH]c(C)c(C=O)c1C=O. The second-order valence-corrected chi connectivity index (χ2v) is 2.44. The van der Waals surface area contributed by atoms with Crippen LogP contribution in [0.5, 0.6) is 0 Å². The molecular weight excluding hydrogens is 142 g/mol. The van der Waals surface area contributed by atoms with Crippen molar-refractivity contribution in [3.05, 3.63) is 22.5 Å². The lowest BCUT2D eigenvalue weighted by molar-refractivity contribution is 0.109. The van der Waals surface area contributed by atoms with Crippen LogP contribution in [-0.2, 0) is 0 Å². The molecule has 1 heterocycles. The zero-order chi connectivity index (χ0) is 8.43. The van der Waals surface area contributed by atoms with Crippen molar-refractivity contribution in [3.8, 4) is 0 Å². The summed E-state index contributed by atoms with van der Waals surface area (Å²) >= 11 is 0. The quantitative estimate of drug-likeness (QED) is 0.647. The van der Waals surface area contributed by atoms with Crippen LogP contribution in [0.4, 0.5) is 0 Å². The van der Waals surface area contributed by atoms with Crippen molar-refractivity contribution in [1.29, 1.82) is 0 Å². The lowest BCUT2D eigenvalue weighted by Crippen LogP contribution is -1.87. The van der Waals surface area contributed by atoms with Gasteiger partial charge in [-0.1, -0.05) is 0 Å². The first kappa shape index (κ1) is 7.72. The van der Waals surface area contributed by atoms with Gasteiger partial charge < -0.3 is 4.98 Å². The van der Waals surface area contributed by atoms with E-state index in [1.54, 1.807) is 13.8 Å². The van der Waals surface area contributed by atoms with Crippen molar-refractivity contribution in [2.75, 3.05) is 0 Å². The van der Waals surface area contributed by atoms with E-state index in [9.17, 15) is 9.59 Å². The molecule has 0 atom stereocenters. The first-order valence-corrected chi connectivity index (χ1v) is 3.30. The smallest absolute Gasteiger partial charge is 0.152 e. The predicted octanol–water partition coefficient (Wildman–Crippen LogP) is 1.26. The largest absolute Gasteiger partial charge is 0.362 e. The lowest BCUT2D eigenvalue weighted by Gasteiger charge is -1.86. The normalized spacial score (nSPS) is 9.64. The number of H-pyrrole nitrogens is 1. The van der Waals surface area contributed by atoms with E-state index in [-0.39, 0.29) is 0 Å². The summed E-state index contributed by atoms with van der Waals surface area (Å²) in [6, 6.07) is 0. The van der Waals surface area contributed by atoms with E-state index in [1.165, 1.54) is 0 Å². The van der Waals surface area contributed by atoms with Crippen molar-refractivity contribution in [1.82, 2.24) is 4.98 Å². The van der Waals surface area contributed by atoms with Crippen molar-refractivity contribution in [2.24, 2.45) is 0 Å². The Morgan fingerprint density at radius 1 is 1.00 bits per heavy atom. The van der Waals surface area contributed by atoms with Gasteiger partial charge in [-0.2, -0.15) is 0 Å². The van der Waals surface area contributed by atoms with E-state index in [1.807, 2.05) is 0 Å². The molecule has 3 heteroatoms. The second-order valence-electron chi connectivity index (χ2n) is 2.44. The minimum absolute atomic E-state index is 0.470. The number of aryl methyl sites for hydroxylation is 2. The van der Waals surface area contributed by atoms with Crippen LogP contribution in [0.3, 0.4) is 0 Å². The first-order valence-electron chi connectivity index (χ1n) is 3.30. The summed E-state index contributed by atoms with van der Waals surface area (Å²) in [6.45, 7) is 3.54. The average molecular weight is 151 g/mol. The maximum atomic E-state index is 10.4. The molecule has 0 bridgehead atoms. The molecule has 0 aliphatic carbocycles. The van der Waals surface area contributed by atoms with Gasteiger partial charge in [0.1, 0.15) is 0 Å². The molecule has 1 rings (SSSR count). The van der Waals surface area contributed by atoms with Gasteiger partial charge in [0.2, 0.25) is 0 Å². The van der Waals surface area contributed by atoms with E-state index >= 15 is 0 Å². The van der Waals surface area contributed by atoms with Gasteiger partial charge >= 0.3 is 0 Å². The monoisotopic (exact) mass is 151 g/mol. The molecule has 1 N–H and O–H groups in total. The van der Waals surface area contributed by atoms with Crippen LogP contribution in [0.2, 0.25) is 0 Å². The third kappa shape index (κ3) is 1.09. The maximum absolute atomic E-state index is 10.4. The highest BCUT2D eigenvalue weighted by atomic mass is 16.1. The maximum Gasteiger partial charge on any atom is 0.152 e. The molecule has 1 aromatic heterocycles. The van der Waals surface area contributed by atoms with Crippen LogP contribution in [-0.4, -0.2) is 17.6 Å². The number of rotatable bonds is 2. The molecule has 0 fully saturated rings. The summed E-state index contributed by atoms with van der Waals surface area (Å²) in [6.07, 6.45) is 1.39. The summed E-state index contributed by atoms with van der Waals surface area (Å²) in [5.74, 6) is 0. The summed E-state index contributed by atoms with van der Waals surface area (Å²) in [7, 11) is 0. The number of aromatic nitrogens is 1. The third-order valence-electron chi connectivity index (χ3n) is 1.71. The number of hydrogen-bond acceptors (Lipinski definition) is 2. The fourth-order valence-corrected chi connectivity index (χ4v) is 1.12. The van der Waals surface area contributed by atoms with Crippen LogP contribution >= 0.6 is 0 Å². The van der Waals surface area contributed by atoms with Crippen molar-refractivity contribution < 1.29 is 9.59 Å². The molecule has 1 aromatic rings. The summed E-state index contributed by atoms with van der Waals surface area (Å²) in [5.41, 5.74) is 2.44. The fraction of sp³-hybridized carbons (Fsp3) is 0.250. The molecule has 3 nitrogen and oxygen atoms in total. The van der Waals surface area contributed by atoms with E-state index < -0.39 is 0 Å². The Morgan fingerprint density at radius 2 is 1.36 bits per heavy atom. The molecule has 0 spiro atoms. The van der Waals surface area contributed by atoms with Gasteiger partial charge in [-0.15, -0.1) is 0 Å². The summed E-state index contributed by atoms with van der Waals surface area (Å²) in [5, 5.41) is 0. The minimum Gasteiger partial charge on any atom is -0.362 e. The Morgan fingerprint density at radius 3 is 1.64 bits per heavy atom. The molecule has 0 radical (unpaired) electrons. The Hall–Kier alpha value is -1.38. The number of carbonyl (C=O) groups is 2. The molecular formula is C8H9NO2. The van der Waals surface area contributed by atoms with Crippen LogP contribution in [0, 0.1) is 13.8 Å². The van der Waals surface area contributed by atoms with Crippen LogP contribution in [0.1, 0.15) is 32.1 Å². The summed E-state index contributed by atoms with van der Waals surface area (Å²) < 4.78 is 0. The van der Waals surface area contributed by atoms with E-state index in [4.69, 9.17) is 0 Å². The van der Waals surface area contributed by atoms with Gasteiger partial charge in [0.25, 0.3) is 0 Å². The Bertz CT molecular complexity index is 271. The van der Waals surface area contributed by atoms with Crippen molar-refractivity contribution >= 4 is 12.6 Å². The first-order chi connectivity index (χ1) is 5.20. The van der Waals surface area contributed by atoms with Crippen molar-refractivity contribution in [2.45, 2.75) is 13.8 Å². The number of carbonyl (C=O) groups excluding carboxylic acids is 2. The standard InChI is InChI=1S/C8H9NO2/c1-5-7(3-10)8(4-11)6(2)9-5/h3-4,9H,1-2H3.